The Kier molecular flexibility index (Phi) is 5.92. The summed E-state index contributed by atoms with van der Waals surface area (Å²) in [5.41, 5.74) is 2.33. The highest BCUT2D eigenvalue weighted by Gasteiger charge is 2.11. The van der Waals surface area contributed by atoms with E-state index in [1.54, 1.807) is 49.4 Å². The summed E-state index contributed by atoms with van der Waals surface area (Å²) in [5.74, 6) is 0.384. The van der Waals surface area contributed by atoms with Crippen LogP contribution in [0.25, 0.3) is 0 Å². The number of amides is 1. The van der Waals surface area contributed by atoms with Crippen LogP contribution in [0.1, 0.15) is 27.4 Å². The molecular formula is C21H18FN5O. The smallest absolute Gasteiger partial charge is 0.274 e. The van der Waals surface area contributed by atoms with E-state index in [0.717, 1.165) is 5.56 Å². The molecule has 28 heavy (non-hydrogen) atoms. The zero-order chi connectivity index (χ0) is 19.9. The standard InChI is InChI=1S/C21H18FN5O/c1-14-25-19(21(28)27-18-8-4-16(13-23)5-9-18)12-20(26-14)24-11-10-15-2-6-17(22)7-3-15/h2-9,12H,10-11H2,1H3,(H,27,28)(H,24,25,26). The number of aromatic nitrogens is 2. The second-order valence-electron chi connectivity index (χ2n) is 6.13. The second-order valence-corrected chi connectivity index (χ2v) is 6.13. The number of rotatable bonds is 6. The fraction of sp³-hybridized carbons (Fsp3) is 0.143. The summed E-state index contributed by atoms with van der Waals surface area (Å²) < 4.78 is 12.9. The number of anilines is 2. The van der Waals surface area contributed by atoms with E-state index in [0.29, 0.717) is 35.9 Å². The number of hydrogen-bond donors (Lipinski definition) is 2. The highest BCUT2D eigenvalue weighted by Crippen LogP contribution is 2.13. The predicted octanol–water partition coefficient (Wildman–Crippen LogP) is 3.70. The largest absolute Gasteiger partial charge is 0.370 e. The van der Waals surface area contributed by atoms with E-state index in [4.69, 9.17) is 5.26 Å². The van der Waals surface area contributed by atoms with Crippen LogP contribution in [0.5, 0.6) is 0 Å². The van der Waals surface area contributed by atoms with Gasteiger partial charge in [-0.15, -0.1) is 0 Å². The van der Waals surface area contributed by atoms with Crippen LogP contribution in [-0.2, 0) is 6.42 Å². The molecule has 0 spiro atoms. The van der Waals surface area contributed by atoms with Crippen LogP contribution < -0.4 is 10.6 Å². The molecular weight excluding hydrogens is 357 g/mol. The second kappa shape index (κ2) is 8.73. The fourth-order valence-electron chi connectivity index (χ4n) is 2.58. The zero-order valence-corrected chi connectivity index (χ0v) is 15.2. The molecule has 0 aliphatic heterocycles. The number of hydrogen-bond acceptors (Lipinski definition) is 5. The third-order valence-electron chi connectivity index (χ3n) is 3.98. The summed E-state index contributed by atoms with van der Waals surface area (Å²) in [7, 11) is 0. The van der Waals surface area contributed by atoms with Gasteiger partial charge in [-0.2, -0.15) is 5.26 Å². The van der Waals surface area contributed by atoms with Crippen LogP contribution in [-0.4, -0.2) is 22.4 Å². The van der Waals surface area contributed by atoms with Gasteiger partial charge in [-0.1, -0.05) is 12.1 Å². The summed E-state index contributed by atoms with van der Waals surface area (Å²) in [5, 5.41) is 14.7. The molecule has 1 aromatic heterocycles. The zero-order valence-electron chi connectivity index (χ0n) is 15.2. The van der Waals surface area contributed by atoms with E-state index in [1.165, 1.54) is 12.1 Å². The highest BCUT2D eigenvalue weighted by molar-refractivity contribution is 6.03. The highest BCUT2D eigenvalue weighted by atomic mass is 19.1. The molecule has 6 nitrogen and oxygen atoms in total. The average Bonchev–Trinajstić information content (AvgIpc) is 2.69. The van der Waals surface area contributed by atoms with Crippen molar-refractivity contribution in [2.75, 3.05) is 17.2 Å². The van der Waals surface area contributed by atoms with Crippen molar-refractivity contribution in [3.05, 3.63) is 83.1 Å². The van der Waals surface area contributed by atoms with Crippen molar-refractivity contribution in [1.29, 1.82) is 5.26 Å². The van der Waals surface area contributed by atoms with Crippen LogP contribution in [0.4, 0.5) is 15.9 Å². The number of nitriles is 1. The molecule has 0 fully saturated rings. The molecule has 0 saturated heterocycles. The van der Waals surface area contributed by atoms with Crippen molar-refractivity contribution in [1.82, 2.24) is 9.97 Å². The fourth-order valence-corrected chi connectivity index (χ4v) is 2.58. The Morgan fingerprint density at radius 1 is 1.11 bits per heavy atom. The molecule has 0 aliphatic rings. The molecule has 0 bridgehead atoms. The van der Waals surface area contributed by atoms with Crippen molar-refractivity contribution in [3.8, 4) is 6.07 Å². The van der Waals surface area contributed by atoms with Crippen LogP contribution in [0, 0.1) is 24.1 Å². The maximum Gasteiger partial charge on any atom is 0.274 e. The van der Waals surface area contributed by atoms with E-state index in [2.05, 4.69) is 20.6 Å². The van der Waals surface area contributed by atoms with Gasteiger partial charge in [0.15, 0.2) is 0 Å². The van der Waals surface area contributed by atoms with Gasteiger partial charge in [0.1, 0.15) is 23.2 Å². The molecule has 0 atom stereocenters. The van der Waals surface area contributed by atoms with Gasteiger partial charge in [-0.3, -0.25) is 4.79 Å². The molecule has 0 aliphatic carbocycles. The minimum Gasteiger partial charge on any atom is -0.370 e. The Morgan fingerprint density at radius 3 is 2.50 bits per heavy atom. The molecule has 0 radical (unpaired) electrons. The van der Waals surface area contributed by atoms with E-state index >= 15 is 0 Å². The maximum absolute atomic E-state index is 12.9. The molecule has 0 saturated carbocycles. The molecule has 2 aromatic carbocycles. The van der Waals surface area contributed by atoms with Gasteiger partial charge in [0.25, 0.3) is 5.91 Å². The lowest BCUT2D eigenvalue weighted by Crippen LogP contribution is -2.16. The van der Waals surface area contributed by atoms with Crippen LogP contribution in [0.15, 0.2) is 54.6 Å². The number of carbonyl (C=O) groups excluding carboxylic acids is 1. The minimum atomic E-state index is -0.364. The first-order valence-electron chi connectivity index (χ1n) is 8.69. The first-order valence-corrected chi connectivity index (χ1v) is 8.69. The molecule has 1 heterocycles. The van der Waals surface area contributed by atoms with Crippen molar-refractivity contribution in [2.24, 2.45) is 0 Å². The molecule has 0 unspecified atom stereocenters. The van der Waals surface area contributed by atoms with Crippen molar-refractivity contribution in [2.45, 2.75) is 13.3 Å². The van der Waals surface area contributed by atoms with Gasteiger partial charge in [-0.05, 0) is 55.3 Å². The van der Waals surface area contributed by atoms with E-state index in [-0.39, 0.29) is 17.4 Å². The van der Waals surface area contributed by atoms with Crippen LogP contribution in [0.3, 0.4) is 0 Å². The Hall–Kier alpha value is -3.79. The van der Waals surface area contributed by atoms with Gasteiger partial charge in [0.2, 0.25) is 0 Å². The van der Waals surface area contributed by atoms with Gasteiger partial charge in [-0.25, -0.2) is 14.4 Å². The monoisotopic (exact) mass is 375 g/mol. The topological polar surface area (TPSA) is 90.7 Å². The number of carbonyl (C=O) groups is 1. The number of benzene rings is 2. The van der Waals surface area contributed by atoms with E-state index in [1.807, 2.05) is 6.07 Å². The summed E-state index contributed by atoms with van der Waals surface area (Å²) in [6, 6.07) is 16.5. The summed E-state index contributed by atoms with van der Waals surface area (Å²) in [4.78, 5) is 20.9. The lowest BCUT2D eigenvalue weighted by molar-refractivity contribution is 0.102. The molecule has 140 valence electrons. The maximum atomic E-state index is 12.9. The van der Waals surface area contributed by atoms with E-state index in [9.17, 15) is 9.18 Å². The van der Waals surface area contributed by atoms with Crippen LogP contribution in [0.2, 0.25) is 0 Å². The van der Waals surface area contributed by atoms with Crippen molar-refractivity contribution < 1.29 is 9.18 Å². The first kappa shape index (κ1) is 19.0. The third-order valence-corrected chi connectivity index (χ3v) is 3.98. The average molecular weight is 375 g/mol. The van der Waals surface area contributed by atoms with Gasteiger partial charge in [0.05, 0.1) is 11.6 Å². The predicted molar refractivity (Wildman–Crippen MR) is 104 cm³/mol. The van der Waals surface area contributed by atoms with Crippen molar-refractivity contribution in [3.63, 3.8) is 0 Å². The lowest BCUT2D eigenvalue weighted by Gasteiger charge is -2.09. The van der Waals surface area contributed by atoms with Gasteiger partial charge >= 0.3 is 0 Å². The molecule has 2 N–H and O–H groups in total. The van der Waals surface area contributed by atoms with Gasteiger partial charge < -0.3 is 10.6 Å². The third kappa shape index (κ3) is 5.11. The van der Waals surface area contributed by atoms with Crippen molar-refractivity contribution >= 4 is 17.4 Å². The molecule has 3 aromatic rings. The van der Waals surface area contributed by atoms with Gasteiger partial charge in [0, 0.05) is 18.3 Å². The number of nitrogens with one attached hydrogen (secondary N) is 2. The minimum absolute atomic E-state index is 0.237. The number of aryl methyl sites for hydroxylation is 1. The van der Waals surface area contributed by atoms with E-state index < -0.39 is 0 Å². The summed E-state index contributed by atoms with van der Waals surface area (Å²) >= 11 is 0. The normalized spacial score (nSPS) is 10.2. The Morgan fingerprint density at radius 2 is 1.82 bits per heavy atom. The SMILES string of the molecule is Cc1nc(NCCc2ccc(F)cc2)cc(C(=O)Nc2ccc(C#N)cc2)n1. The number of halogens is 1. The first-order chi connectivity index (χ1) is 13.5. The molecule has 7 heteroatoms. The Balaban J connectivity index is 1.63. The summed E-state index contributed by atoms with van der Waals surface area (Å²) in [6.07, 6.45) is 0.691. The molecule has 1 amide bonds. The molecule has 3 rings (SSSR count). The van der Waals surface area contributed by atoms with Crippen LogP contribution >= 0.6 is 0 Å². The Bertz CT molecular complexity index is 1010. The summed E-state index contributed by atoms with van der Waals surface area (Å²) in [6.45, 7) is 2.29. The number of nitrogens with zero attached hydrogens (tertiary/aromatic N) is 3. The quantitative estimate of drug-likeness (QED) is 0.685. The lowest BCUT2D eigenvalue weighted by atomic mass is 10.1. The Labute approximate surface area is 162 Å².